The first kappa shape index (κ1) is 13.1. The number of pyridine rings is 1. The predicted octanol–water partition coefficient (Wildman–Crippen LogP) is 3.70. The van der Waals surface area contributed by atoms with Gasteiger partial charge in [0.05, 0.1) is 11.3 Å². The molecule has 1 aliphatic heterocycles. The average Bonchev–Trinajstić information content (AvgIpc) is 3.08. The highest BCUT2D eigenvalue weighted by molar-refractivity contribution is 5.73. The molecule has 0 aliphatic carbocycles. The summed E-state index contributed by atoms with van der Waals surface area (Å²) in [6.07, 6.45) is 6.81. The van der Waals surface area contributed by atoms with Crippen molar-refractivity contribution in [1.82, 2.24) is 9.55 Å². The van der Waals surface area contributed by atoms with Crippen molar-refractivity contribution in [2.45, 2.75) is 33.1 Å². The van der Waals surface area contributed by atoms with Crippen LogP contribution in [0.15, 0.2) is 42.9 Å². The van der Waals surface area contributed by atoms with Crippen LogP contribution in [0, 0.1) is 6.92 Å². The number of fused-ring (bicyclic) bond motifs is 3. The summed E-state index contributed by atoms with van der Waals surface area (Å²) in [6, 6.07) is 8.57. The third-order valence-corrected chi connectivity index (χ3v) is 4.79. The van der Waals surface area contributed by atoms with Gasteiger partial charge in [-0.2, -0.15) is 0 Å². The Labute approximate surface area is 138 Å². The van der Waals surface area contributed by atoms with Crippen molar-refractivity contribution in [3.8, 4) is 16.9 Å². The van der Waals surface area contributed by atoms with Gasteiger partial charge in [0.1, 0.15) is 12.9 Å². The van der Waals surface area contributed by atoms with E-state index in [0.717, 1.165) is 23.5 Å². The summed E-state index contributed by atoms with van der Waals surface area (Å²) in [6.45, 7) is 6.03. The Balaban J connectivity index is 1.97. The molecule has 0 bridgehead atoms. The normalized spacial score (nSPS) is 13.7. The summed E-state index contributed by atoms with van der Waals surface area (Å²) in [5.41, 5.74) is 7.27. The van der Waals surface area contributed by atoms with Crippen LogP contribution in [-0.4, -0.2) is 9.55 Å². The minimum Gasteiger partial charge on any atom is -0.303 e. The first-order chi connectivity index (χ1) is 11.4. The van der Waals surface area contributed by atoms with Gasteiger partial charge in [-0.15, -0.1) is 0 Å². The molecular weight excluding hydrogens is 282 g/mol. The van der Waals surface area contributed by atoms with Gasteiger partial charge < -0.3 is 4.57 Å². The number of nitrogens with zero attached hydrogens (tertiary/aromatic N) is 3. The fraction of sp³-hybridized carbons (Fsp3) is 0.300. The van der Waals surface area contributed by atoms with Gasteiger partial charge >= 0.3 is 0 Å². The van der Waals surface area contributed by atoms with Crippen molar-refractivity contribution in [3.05, 3.63) is 65.4 Å². The lowest BCUT2D eigenvalue weighted by Crippen LogP contribution is -2.31. The quantitative estimate of drug-likeness (QED) is 0.518. The van der Waals surface area contributed by atoms with Crippen LogP contribution in [0.2, 0.25) is 0 Å². The van der Waals surface area contributed by atoms with E-state index >= 15 is 0 Å². The lowest BCUT2D eigenvalue weighted by Gasteiger charge is -2.13. The number of aromatic nitrogens is 3. The molecule has 3 aromatic rings. The summed E-state index contributed by atoms with van der Waals surface area (Å²) >= 11 is 0. The Morgan fingerprint density at radius 1 is 1.30 bits per heavy atom. The van der Waals surface area contributed by atoms with Gasteiger partial charge in [-0.3, -0.25) is 0 Å². The number of hydrogen-bond donors (Lipinski definition) is 0. The second-order valence-corrected chi connectivity index (χ2v) is 6.56. The minimum atomic E-state index is -0.609. The zero-order valence-corrected chi connectivity index (χ0v) is 14.1. The second kappa shape index (κ2) is 5.05. The summed E-state index contributed by atoms with van der Waals surface area (Å²) < 4.78 is 12.7. The molecule has 0 atom stereocenters. The van der Waals surface area contributed by atoms with Crippen molar-refractivity contribution >= 4 is 0 Å². The zero-order valence-electron chi connectivity index (χ0n) is 15.1. The number of imidazole rings is 1. The van der Waals surface area contributed by atoms with Crippen LogP contribution < -0.4 is 4.57 Å². The van der Waals surface area contributed by atoms with Crippen LogP contribution in [0.3, 0.4) is 0 Å². The molecule has 3 heteroatoms. The van der Waals surface area contributed by atoms with Crippen molar-refractivity contribution < 1.29 is 5.94 Å². The van der Waals surface area contributed by atoms with Gasteiger partial charge in [0, 0.05) is 32.3 Å². The van der Waals surface area contributed by atoms with Crippen LogP contribution in [-0.2, 0) is 13.5 Å². The molecule has 23 heavy (non-hydrogen) atoms. The monoisotopic (exact) mass is 305 g/mol. The van der Waals surface area contributed by atoms with Gasteiger partial charge in [-0.1, -0.05) is 19.9 Å². The van der Waals surface area contributed by atoms with Crippen molar-refractivity contribution in [2.24, 2.45) is 7.05 Å². The largest absolute Gasteiger partial charge is 0.303 e. The second-order valence-electron chi connectivity index (χ2n) is 6.56. The third kappa shape index (κ3) is 2.11. The van der Waals surface area contributed by atoms with E-state index in [1.165, 1.54) is 22.4 Å². The molecule has 2 aromatic heterocycles. The van der Waals surface area contributed by atoms with Gasteiger partial charge in [0.25, 0.3) is 0 Å². The molecule has 0 saturated heterocycles. The minimum absolute atomic E-state index is 0.609. The lowest BCUT2D eigenvalue weighted by molar-refractivity contribution is -0.660. The standard InChI is InChI=1S/C20H22N3/c1-13(2)15-7-9-22(4)18(11-15)20-14(3)5-6-17-16(20)12-19-21-8-10-23(17)19/h5-11,13H,12H2,1-4H3/q+1/i13D. The van der Waals surface area contributed by atoms with Gasteiger partial charge in [-0.25, -0.2) is 9.55 Å². The summed E-state index contributed by atoms with van der Waals surface area (Å²) in [7, 11) is 2.07. The van der Waals surface area contributed by atoms with E-state index in [-0.39, 0.29) is 0 Å². The molecule has 0 amide bonds. The summed E-state index contributed by atoms with van der Waals surface area (Å²) in [4.78, 5) is 4.48. The molecule has 4 rings (SSSR count). The molecule has 0 saturated carbocycles. The Hall–Kier alpha value is -2.42. The summed E-state index contributed by atoms with van der Waals surface area (Å²) in [5, 5.41) is 0. The Morgan fingerprint density at radius 2 is 2.13 bits per heavy atom. The maximum absolute atomic E-state index is 8.37. The van der Waals surface area contributed by atoms with Crippen LogP contribution in [0.25, 0.3) is 16.9 Å². The van der Waals surface area contributed by atoms with E-state index in [0.29, 0.717) is 0 Å². The van der Waals surface area contributed by atoms with Gasteiger partial charge in [-0.05, 0) is 35.6 Å². The highest BCUT2D eigenvalue weighted by atomic mass is 15.1. The molecule has 1 aromatic carbocycles. The lowest BCUT2D eigenvalue weighted by atomic mass is 9.93. The topological polar surface area (TPSA) is 21.7 Å². The van der Waals surface area contributed by atoms with Crippen LogP contribution in [0.4, 0.5) is 0 Å². The molecule has 0 radical (unpaired) electrons. The van der Waals surface area contributed by atoms with Gasteiger partial charge in [0.15, 0.2) is 6.20 Å². The predicted molar refractivity (Wildman–Crippen MR) is 91.8 cm³/mol. The maximum Gasteiger partial charge on any atom is 0.213 e. The van der Waals surface area contributed by atoms with E-state index in [1.54, 1.807) is 0 Å². The number of rotatable bonds is 2. The Morgan fingerprint density at radius 3 is 2.91 bits per heavy atom. The van der Waals surface area contributed by atoms with E-state index in [9.17, 15) is 0 Å². The summed E-state index contributed by atoms with van der Waals surface area (Å²) in [5.74, 6) is 0.485. The Bertz CT molecular complexity index is 948. The smallest absolute Gasteiger partial charge is 0.213 e. The van der Waals surface area contributed by atoms with Gasteiger partial charge in [0.2, 0.25) is 5.69 Å². The number of benzene rings is 1. The first-order valence-electron chi connectivity index (χ1n) is 8.52. The van der Waals surface area contributed by atoms with Crippen molar-refractivity contribution in [3.63, 3.8) is 0 Å². The Kier molecular flexibility index (Phi) is 2.87. The molecule has 0 fully saturated rings. The highest BCUT2D eigenvalue weighted by Crippen LogP contribution is 2.36. The first-order valence-corrected chi connectivity index (χ1v) is 8.02. The third-order valence-electron chi connectivity index (χ3n) is 4.79. The number of hydrogen-bond acceptors (Lipinski definition) is 1. The van der Waals surface area contributed by atoms with Crippen LogP contribution in [0.1, 0.15) is 43.6 Å². The highest BCUT2D eigenvalue weighted by Gasteiger charge is 2.27. The molecule has 3 nitrogen and oxygen atoms in total. The van der Waals surface area contributed by atoms with E-state index in [1.807, 2.05) is 32.3 Å². The van der Waals surface area contributed by atoms with E-state index < -0.39 is 5.89 Å². The molecule has 0 spiro atoms. The average molecular weight is 305 g/mol. The maximum atomic E-state index is 8.37. The van der Waals surface area contributed by atoms with Crippen molar-refractivity contribution in [2.75, 3.05) is 0 Å². The number of aryl methyl sites for hydroxylation is 2. The van der Waals surface area contributed by atoms with Crippen molar-refractivity contribution in [1.29, 1.82) is 0 Å². The SMILES string of the molecule is [2H]C(C)(C)c1cc[n+](C)c(-c2c(C)ccc3c2Cc2nccn2-3)c1. The van der Waals surface area contributed by atoms with Crippen LogP contribution >= 0.6 is 0 Å². The molecule has 0 N–H and O–H groups in total. The fourth-order valence-electron chi connectivity index (χ4n) is 3.49. The molecule has 1 aliphatic rings. The zero-order chi connectivity index (χ0) is 17.1. The molecule has 3 heterocycles. The molecular formula is C20H22N3+. The van der Waals surface area contributed by atoms with E-state index in [4.69, 9.17) is 1.37 Å². The van der Waals surface area contributed by atoms with E-state index in [2.05, 4.69) is 52.5 Å². The fourth-order valence-corrected chi connectivity index (χ4v) is 3.49. The molecule has 116 valence electrons. The molecule has 0 unspecified atom stereocenters. The van der Waals surface area contributed by atoms with Crippen LogP contribution in [0.5, 0.6) is 0 Å².